The molecule has 6 nitrogen and oxygen atoms in total. The zero-order valence-corrected chi connectivity index (χ0v) is 17.6. The zero-order valence-electron chi connectivity index (χ0n) is 17.6. The van der Waals surface area contributed by atoms with E-state index >= 15 is 0 Å². The number of halogens is 3. The second kappa shape index (κ2) is 9.34. The molecule has 0 bridgehead atoms. The summed E-state index contributed by atoms with van der Waals surface area (Å²) < 4.78 is 41.8. The maximum absolute atomic E-state index is 13.6. The standard InChI is InChI=1S/C23H26F3N3O3/c24-17-7-3-15(4-8-17)12-29-19-13-28(10-9-18(19)21(27-29)22(25)26)20(30)11-14-1-5-16(6-2-14)23(31)32/h3-4,7-8,14,16,22H,1-2,5-6,9-13H2,(H,31,32)/t14-,16-. The topological polar surface area (TPSA) is 75.4 Å². The predicted molar refractivity (Wildman–Crippen MR) is 110 cm³/mol. The summed E-state index contributed by atoms with van der Waals surface area (Å²) in [7, 11) is 0. The Hall–Kier alpha value is -2.84. The summed E-state index contributed by atoms with van der Waals surface area (Å²) in [6, 6.07) is 5.80. The van der Waals surface area contributed by atoms with Gasteiger partial charge in [0, 0.05) is 18.5 Å². The van der Waals surface area contributed by atoms with E-state index in [1.165, 1.54) is 16.8 Å². The van der Waals surface area contributed by atoms with E-state index in [0.717, 1.165) is 5.56 Å². The molecule has 1 amide bonds. The van der Waals surface area contributed by atoms with E-state index in [4.69, 9.17) is 5.11 Å². The molecule has 1 saturated carbocycles. The molecule has 0 spiro atoms. The van der Waals surface area contributed by atoms with Crippen LogP contribution in [0.4, 0.5) is 13.2 Å². The van der Waals surface area contributed by atoms with Crippen LogP contribution in [0.25, 0.3) is 0 Å². The largest absolute Gasteiger partial charge is 0.481 e. The highest BCUT2D eigenvalue weighted by Crippen LogP contribution is 2.33. The number of aromatic nitrogens is 2. The molecule has 172 valence electrons. The number of carboxylic acids is 1. The first-order valence-corrected chi connectivity index (χ1v) is 10.9. The molecule has 9 heteroatoms. The van der Waals surface area contributed by atoms with E-state index in [0.29, 0.717) is 56.3 Å². The Morgan fingerprint density at radius 3 is 2.44 bits per heavy atom. The van der Waals surface area contributed by atoms with Crippen LogP contribution in [-0.2, 0) is 29.1 Å². The number of fused-ring (bicyclic) bond motifs is 1. The second-order valence-electron chi connectivity index (χ2n) is 8.72. The van der Waals surface area contributed by atoms with E-state index in [2.05, 4.69) is 5.10 Å². The minimum atomic E-state index is -2.70. The Kier molecular flexibility index (Phi) is 6.53. The van der Waals surface area contributed by atoms with Crippen LogP contribution in [0.1, 0.15) is 61.0 Å². The highest BCUT2D eigenvalue weighted by molar-refractivity contribution is 5.77. The number of carbonyl (C=O) groups is 2. The van der Waals surface area contributed by atoms with Gasteiger partial charge in [0.15, 0.2) is 0 Å². The molecule has 1 aliphatic carbocycles. The van der Waals surface area contributed by atoms with Gasteiger partial charge in [-0.3, -0.25) is 14.3 Å². The molecule has 1 aromatic heterocycles. The van der Waals surface area contributed by atoms with Crippen LogP contribution >= 0.6 is 0 Å². The van der Waals surface area contributed by atoms with Crippen LogP contribution in [-0.4, -0.2) is 38.2 Å². The van der Waals surface area contributed by atoms with Gasteiger partial charge >= 0.3 is 5.97 Å². The van der Waals surface area contributed by atoms with Gasteiger partial charge in [-0.25, -0.2) is 13.2 Å². The van der Waals surface area contributed by atoms with Crippen molar-refractivity contribution in [1.29, 1.82) is 0 Å². The van der Waals surface area contributed by atoms with Crippen molar-refractivity contribution in [3.63, 3.8) is 0 Å². The van der Waals surface area contributed by atoms with Crippen molar-refractivity contribution in [2.45, 2.75) is 58.0 Å². The van der Waals surface area contributed by atoms with Crippen molar-refractivity contribution < 1.29 is 27.9 Å². The van der Waals surface area contributed by atoms with Gasteiger partial charge in [-0.2, -0.15) is 5.10 Å². The lowest BCUT2D eigenvalue weighted by Crippen LogP contribution is -2.38. The van der Waals surface area contributed by atoms with Crippen molar-refractivity contribution in [3.8, 4) is 0 Å². The van der Waals surface area contributed by atoms with Gasteiger partial charge < -0.3 is 10.0 Å². The third-order valence-electron chi connectivity index (χ3n) is 6.63. The molecule has 4 rings (SSSR count). The van der Waals surface area contributed by atoms with Gasteiger partial charge in [-0.05, 0) is 55.7 Å². The minimum absolute atomic E-state index is 0.0393. The number of alkyl halides is 2. The Morgan fingerprint density at radius 2 is 1.81 bits per heavy atom. The molecule has 1 aromatic carbocycles. The summed E-state index contributed by atoms with van der Waals surface area (Å²) in [5, 5.41) is 13.3. The number of benzene rings is 1. The first-order chi connectivity index (χ1) is 15.3. The molecule has 2 heterocycles. The van der Waals surface area contributed by atoms with E-state index in [1.54, 1.807) is 17.0 Å². The fourth-order valence-corrected chi connectivity index (χ4v) is 4.78. The predicted octanol–water partition coefficient (Wildman–Crippen LogP) is 4.17. The fraction of sp³-hybridized carbons (Fsp3) is 0.522. The summed E-state index contributed by atoms with van der Waals surface area (Å²) >= 11 is 0. The summed E-state index contributed by atoms with van der Waals surface area (Å²) in [5.41, 5.74) is 1.57. The van der Waals surface area contributed by atoms with Crippen LogP contribution in [0, 0.1) is 17.7 Å². The highest BCUT2D eigenvalue weighted by atomic mass is 19.3. The number of amides is 1. The smallest absolute Gasteiger partial charge is 0.306 e. The molecule has 0 saturated heterocycles. The molecule has 32 heavy (non-hydrogen) atoms. The van der Waals surface area contributed by atoms with Gasteiger partial charge in [-0.15, -0.1) is 0 Å². The first-order valence-electron chi connectivity index (χ1n) is 10.9. The number of nitrogens with zero attached hydrogens (tertiary/aromatic N) is 3. The lowest BCUT2D eigenvalue weighted by molar-refractivity contribution is -0.143. The van der Waals surface area contributed by atoms with E-state index in [1.807, 2.05) is 0 Å². The molecule has 0 atom stereocenters. The molecule has 1 N–H and O–H groups in total. The molecule has 0 unspecified atom stereocenters. The lowest BCUT2D eigenvalue weighted by Gasteiger charge is -2.31. The van der Waals surface area contributed by atoms with Crippen molar-refractivity contribution >= 4 is 11.9 Å². The summed E-state index contributed by atoms with van der Waals surface area (Å²) in [6.07, 6.45) is 0.537. The van der Waals surface area contributed by atoms with E-state index in [9.17, 15) is 22.8 Å². The van der Waals surface area contributed by atoms with Gasteiger partial charge in [0.05, 0.1) is 24.7 Å². The number of hydrogen-bond donors (Lipinski definition) is 1. The molecule has 2 aromatic rings. The summed E-state index contributed by atoms with van der Waals surface area (Å²) in [4.78, 5) is 25.7. The monoisotopic (exact) mass is 449 g/mol. The van der Waals surface area contributed by atoms with E-state index < -0.39 is 12.4 Å². The lowest BCUT2D eigenvalue weighted by atomic mass is 9.80. The Labute approximate surface area is 184 Å². The molecule has 0 radical (unpaired) electrons. The Morgan fingerprint density at radius 1 is 1.12 bits per heavy atom. The Bertz CT molecular complexity index is 982. The molecule has 2 aliphatic rings. The number of carboxylic acid groups (broad SMARTS) is 1. The number of rotatable bonds is 6. The van der Waals surface area contributed by atoms with Crippen LogP contribution in [0.15, 0.2) is 24.3 Å². The van der Waals surface area contributed by atoms with Crippen LogP contribution in [0.5, 0.6) is 0 Å². The molecular weight excluding hydrogens is 423 g/mol. The van der Waals surface area contributed by atoms with Gasteiger partial charge in [0.25, 0.3) is 6.43 Å². The summed E-state index contributed by atoms with van der Waals surface area (Å²) in [6.45, 7) is 0.786. The van der Waals surface area contributed by atoms with Crippen LogP contribution in [0.3, 0.4) is 0 Å². The van der Waals surface area contributed by atoms with Crippen LogP contribution < -0.4 is 0 Å². The SMILES string of the molecule is O=C(C[C@H]1CC[C@H](C(=O)O)CC1)N1CCc2c(C(F)F)nn(Cc3ccc(F)cc3)c2C1. The fourth-order valence-electron chi connectivity index (χ4n) is 4.78. The second-order valence-corrected chi connectivity index (χ2v) is 8.72. The van der Waals surface area contributed by atoms with Crippen LogP contribution in [0.2, 0.25) is 0 Å². The Balaban J connectivity index is 1.46. The number of aliphatic carboxylic acids is 1. The average Bonchev–Trinajstić information content (AvgIpc) is 3.13. The van der Waals surface area contributed by atoms with Crippen molar-refractivity contribution in [2.24, 2.45) is 11.8 Å². The van der Waals surface area contributed by atoms with Gasteiger partial charge in [0.1, 0.15) is 11.5 Å². The third-order valence-corrected chi connectivity index (χ3v) is 6.63. The molecule has 1 aliphatic heterocycles. The maximum Gasteiger partial charge on any atom is 0.306 e. The van der Waals surface area contributed by atoms with E-state index in [-0.39, 0.29) is 42.3 Å². The molecular formula is C23H26F3N3O3. The maximum atomic E-state index is 13.6. The highest BCUT2D eigenvalue weighted by Gasteiger charge is 2.32. The van der Waals surface area contributed by atoms with Crippen molar-refractivity contribution in [3.05, 3.63) is 52.6 Å². The van der Waals surface area contributed by atoms with Crippen molar-refractivity contribution in [1.82, 2.24) is 14.7 Å². The van der Waals surface area contributed by atoms with Gasteiger partial charge in [-0.1, -0.05) is 12.1 Å². The normalized spacial score (nSPS) is 20.9. The molecule has 1 fully saturated rings. The van der Waals surface area contributed by atoms with Gasteiger partial charge in [0.2, 0.25) is 5.91 Å². The number of carbonyl (C=O) groups excluding carboxylic acids is 1. The average molecular weight is 449 g/mol. The third kappa shape index (κ3) is 4.81. The minimum Gasteiger partial charge on any atom is -0.481 e. The zero-order chi connectivity index (χ0) is 22.8. The first kappa shape index (κ1) is 22.4. The summed E-state index contributed by atoms with van der Waals surface area (Å²) in [5.74, 6) is -1.36. The van der Waals surface area contributed by atoms with Crippen molar-refractivity contribution in [2.75, 3.05) is 6.54 Å². The number of hydrogen-bond acceptors (Lipinski definition) is 3. The quantitative estimate of drug-likeness (QED) is 0.718.